The fourth-order valence-electron chi connectivity index (χ4n) is 3.62. The van der Waals surface area contributed by atoms with Gasteiger partial charge in [0, 0.05) is 37.6 Å². The topological polar surface area (TPSA) is 68.6 Å². The van der Waals surface area contributed by atoms with E-state index in [0.29, 0.717) is 13.0 Å². The summed E-state index contributed by atoms with van der Waals surface area (Å²) < 4.78 is 12.6. The first-order chi connectivity index (χ1) is 16.6. The lowest BCUT2D eigenvalue weighted by molar-refractivity contribution is -0.120. The predicted octanol–water partition coefficient (Wildman–Crippen LogP) is 3.97. The van der Waals surface area contributed by atoms with Crippen molar-refractivity contribution in [1.82, 2.24) is 19.8 Å². The van der Waals surface area contributed by atoms with Crippen LogP contribution in [-0.2, 0) is 11.2 Å². The van der Waals surface area contributed by atoms with Gasteiger partial charge in [-0.25, -0.2) is 4.98 Å². The monoisotopic (exact) mass is 462 g/mol. The number of methoxy groups -OCH3 is 2. The molecule has 0 atom stereocenters. The quantitative estimate of drug-likeness (QED) is 0.389. The molecule has 0 saturated heterocycles. The van der Waals surface area contributed by atoms with Crippen molar-refractivity contribution in [2.45, 2.75) is 19.3 Å². The molecule has 1 aromatic heterocycles. The van der Waals surface area contributed by atoms with Crippen LogP contribution in [0, 0.1) is 0 Å². The molecule has 0 fully saturated rings. The highest BCUT2D eigenvalue weighted by atomic mass is 16.5. The van der Waals surface area contributed by atoms with E-state index in [-0.39, 0.29) is 5.91 Å². The Labute approximate surface area is 202 Å². The van der Waals surface area contributed by atoms with E-state index in [1.165, 1.54) is 5.56 Å². The Hall–Kier alpha value is -3.58. The lowest BCUT2D eigenvalue weighted by Crippen LogP contribution is -2.28. The Bertz CT molecular complexity index is 1060. The maximum Gasteiger partial charge on any atom is 0.223 e. The van der Waals surface area contributed by atoms with E-state index in [4.69, 9.17) is 9.47 Å². The van der Waals surface area contributed by atoms with Crippen LogP contribution in [-0.4, -0.2) is 61.3 Å². The highest BCUT2D eigenvalue weighted by molar-refractivity contribution is 5.78. The second-order valence-corrected chi connectivity index (χ2v) is 8.12. The van der Waals surface area contributed by atoms with Crippen LogP contribution < -0.4 is 14.8 Å². The maximum atomic E-state index is 12.1. The number of ether oxygens (including phenoxy) is 2. The Balaban J connectivity index is 1.32. The van der Waals surface area contributed by atoms with Gasteiger partial charge in [-0.1, -0.05) is 30.4 Å². The third-order valence-corrected chi connectivity index (χ3v) is 5.56. The van der Waals surface area contributed by atoms with Crippen LogP contribution in [0.25, 0.3) is 11.8 Å². The van der Waals surface area contributed by atoms with Crippen LogP contribution >= 0.6 is 0 Å². The van der Waals surface area contributed by atoms with Crippen molar-refractivity contribution in [1.29, 1.82) is 0 Å². The van der Waals surface area contributed by atoms with Gasteiger partial charge in [0.2, 0.25) is 5.91 Å². The Morgan fingerprint density at radius 3 is 2.74 bits per heavy atom. The molecule has 3 aromatic rings. The van der Waals surface area contributed by atoms with Crippen molar-refractivity contribution in [3.8, 4) is 17.2 Å². The number of rotatable bonds is 13. The first-order valence-corrected chi connectivity index (χ1v) is 11.5. The molecular formula is C27H34N4O3. The van der Waals surface area contributed by atoms with Crippen molar-refractivity contribution >= 4 is 12.0 Å². The van der Waals surface area contributed by atoms with Crippen molar-refractivity contribution in [3.63, 3.8) is 0 Å². The summed E-state index contributed by atoms with van der Waals surface area (Å²) in [5, 5.41) is 3.00. The fourth-order valence-corrected chi connectivity index (χ4v) is 3.62. The highest BCUT2D eigenvalue weighted by Gasteiger charge is 2.06. The summed E-state index contributed by atoms with van der Waals surface area (Å²) >= 11 is 0. The zero-order valence-corrected chi connectivity index (χ0v) is 20.2. The number of hydrogen-bond acceptors (Lipinski definition) is 5. The van der Waals surface area contributed by atoms with Gasteiger partial charge in [0.05, 0.1) is 20.5 Å². The normalized spacial score (nSPS) is 11.2. The average molecular weight is 463 g/mol. The number of carbonyl (C=O) groups excluding carboxylic acids is 1. The third-order valence-electron chi connectivity index (χ3n) is 5.56. The molecule has 1 amide bonds. The molecule has 7 heteroatoms. The lowest BCUT2D eigenvalue weighted by Gasteiger charge is -2.17. The second-order valence-electron chi connectivity index (χ2n) is 8.12. The molecule has 0 aliphatic heterocycles. The summed E-state index contributed by atoms with van der Waals surface area (Å²) in [5.74, 6) is 1.54. The van der Waals surface area contributed by atoms with Gasteiger partial charge in [0.15, 0.2) is 11.5 Å². The number of nitrogens with one attached hydrogen (secondary N) is 1. The molecule has 180 valence electrons. The van der Waals surface area contributed by atoms with E-state index in [0.717, 1.165) is 48.7 Å². The number of benzene rings is 2. The van der Waals surface area contributed by atoms with E-state index in [9.17, 15) is 4.79 Å². The molecule has 1 N–H and O–H groups in total. The van der Waals surface area contributed by atoms with Gasteiger partial charge in [-0.2, -0.15) is 0 Å². The van der Waals surface area contributed by atoms with Gasteiger partial charge in [0.25, 0.3) is 0 Å². The van der Waals surface area contributed by atoms with Gasteiger partial charge < -0.3 is 24.3 Å². The van der Waals surface area contributed by atoms with Crippen LogP contribution in [0.2, 0.25) is 0 Å². The Kier molecular flexibility index (Phi) is 9.73. The van der Waals surface area contributed by atoms with E-state index in [1.54, 1.807) is 26.7 Å². The largest absolute Gasteiger partial charge is 0.493 e. The molecule has 7 nitrogen and oxygen atoms in total. The first-order valence-electron chi connectivity index (χ1n) is 11.5. The summed E-state index contributed by atoms with van der Waals surface area (Å²) in [5.41, 5.74) is 3.30. The van der Waals surface area contributed by atoms with Gasteiger partial charge in [-0.05, 0) is 61.8 Å². The number of carbonyl (C=O) groups is 1. The number of hydrogen-bond donors (Lipinski definition) is 1. The SMILES string of the molecule is COc1ccc(CCN(C)CCCNC(=O)C/C=C/c2cccc(-n3ccnc3)c2)cc1OC. The molecule has 0 radical (unpaired) electrons. The summed E-state index contributed by atoms with van der Waals surface area (Å²) in [6.07, 6.45) is 11.5. The standard InChI is InChI=1S/C27H34N4O3/c1-30(17-13-23-11-12-25(33-2)26(20-23)34-3)16-6-14-29-27(32)10-5-8-22-7-4-9-24(19-22)31-18-15-28-21-31/h4-5,7-9,11-12,15,18-21H,6,10,13-14,16-17H2,1-3H3,(H,29,32)/b8-5+. The van der Waals surface area contributed by atoms with Crippen LogP contribution in [0.4, 0.5) is 0 Å². The summed E-state index contributed by atoms with van der Waals surface area (Å²) in [4.78, 5) is 18.5. The second kappa shape index (κ2) is 13.2. The van der Waals surface area contributed by atoms with Gasteiger partial charge >= 0.3 is 0 Å². The molecule has 3 rings (SSSR count). The van der Waals surface area contributed by atoms with Crippen LogP contribution in [0.5, 0.6) is 11.5 Å². The smallest absolute Gasteiger partial charge is 0.223 e. The predicted molar refractivity (Wildman–Crippen MR) is 136 cm³/mol. The molecule has 0 spiro atoms. The average Bonchev–Trinajstić information content (AvgIpc) is 3.40. The van der Waals surface area contributed by atoms with E-state index in [1.807, 2.05) is 53.2 Å². The van der Waals surface area contributed by atoms with Gasteiger partial charge in [-0.15, -0.1) is 0 Å². The van der Waals surface area contributed by atoms with Crippen LogP contribution in [0.1, 0.15) is 24.0 Å². The molecule has 0 aliphatic carbocycles. The molecule has 34 heavy (non-hydrogen) atoms. The maximum absolute atomic E-state index is 12.1. The van der Waals surface area contributed by atoms with Crippen molar-refractivity contribution in [3.05, 3.63) is 78.4 Å². The van der Waals surface area contributed by atoms with Crippen molar-refractivity contribution in [2.24, 2.45) is 0 Å². The summed E-state index contributed by atoms with van der Waals surface area (Å²) in [6, 6.07) is 14.1. The molecule has 0 saturated carbocycles. The van der Waals surface area contributed by atoms with Gasteiger partial charge in [-0.3, -0.25) is 4.79 Å². The van der Waals surface area contributed by atoms with Crippen molar-refractivity contribution < 1.29 is 14.3 Å². The van der Waals surface area contributed by atoms with Gasteiger partial charge in [0.1, 0.15) is 0 Å². The van der Waals surface area contributed by atoms with E-state index < -0.39 is 0 Å². The van der Waals surface area contributed by atoms with E-state index >= 15 is 0 Å². The molecule has 0 aliphatic rings. The highest BCUT2D eigenvalue weighted by Crippen LogP contribution is 2.27. The number of likely N-dealkylation sites (N-methyl/N-ethyl adjacent to an activating group) is 1. The van der Waals surface area contributed by atoms with Crippen molar-refractivity contribution in [2.75, 3.05) is 40.9 Å². The fraction of sp³-hybridized carbons (Fsp3) is 0.333. The Morgan fingerprint density at radius 1 is 1.12 bits per heavy atom. The number of nitrogens with zero attached hydrogens (tertiary/aromatic N) is 3. The minimum atomic E-state index is 0.0370. The molecule has 2 aromatic carbocycles. The van der Waals surface area contributed by atoms with E-state index in [2.05, 4.69) is 34.4 Å². The number of aromatic nitrogens is 2. The van der Waals surface area contributed by atoms with Crippen LogP contribution in [0.3, 0.4) is 0 Å². The Morgan fingerprint density at radius 2 is 1.97 bits per heavy atom. The molecular weight excluding hydrogens is 428 g/mol. The minimum Gasteiger partial charge on any atom is -0.493 e. The molecule has 0 unspecified atom stereocenters. The number of amides is 1. The zero-order valence-electron chi connectivity index (χ0n) is 20.2. The zero-order chi connectivity index (χ0) is 24.2. The third kappa shape index (κ3) is 7.78. The number of imidazole rings is 1. The summed E-state index contributed by atoms with van der Waals surface area (Å²) in [6.45, 7) is 2.53. The molecule has 1 heterocycles. The molecule has 0 bridgehead atoms. The minimum absolute atomic E-state index is 0.0370. The summed E-state index contributed by atoms with van der Waals surface area (Å²) in [7, 11) is 5.39. The van der Waals surface area contributed by atoms with Crippen LogP contribution in [0.15, 0.2) is 67.3 Å². The lowest BCUT2D eigenvalue weighted by atomic mass is 10.1. The first kappa shape index (κ1) is 25.1.